The maximum absolute atomic E-state index is 12.2. The van der Waals surface area contributed by atoms with E-state index in [4.69, 9.17) is 27.6 Å². The van der Waals surface area contributed by atoms with Gasteiger partial charge in [-0.3, -0.25) is 4.98 Å². The van der Waals surface area contributed by atoms with Crippen LogP contribution in [0.5, 0.6) is 0 Å². The molecule has 0 radical (unpaired) electrons. The summed E-state index contributed by atoms with van der Waals surface area (Å²) in [5, 5.41) is 4.47. The first-order chi connectivity index (χ1) is 11.3. The zero-order valence-corrected chi connectivity index (χ0v) is 14.1. The van der Waals surface area contributed by atoms with Gasteiger partial charge in [0, 0.05) is 16.7 Å². The molecule has 1 heterocycles. The van der Waals surface area contributed by atoms with E-state index in [9.17, 15) is 13.2 Å². The van der Waals surface area contributed by atoms with Gasteiger partial charge in [-0.15, -0.1) is 0 Å². The minimum atomic E-state index is -3.93. The first-order valence-electron chi connectivity index (χ1n) is 6.48. The second-order valence-electron chi connectivity index (χ2n) is 4.69. The van der Waals surface area contributed by atoms with Crippen molar-refractivity contribution in [3.63, 3.8) is 0 Å². The number of hydrazone groups is 1. The summed E-state index contributed by atoms with van der Waals surface area (Å²) in [5.41, 5.74) is 1.03. The third kappa shape index (κ3) is 3.45. The number of fused-ring (bicyclic) bond motifs is 1. The molecule has 0 atom stereocenters. The fraction of sp³-hybridized carbons (Fsp3) is 0. The molecule has 0 amide bonds. The van der Waals surface area contributed by atoms with E-state index in [1.165, 1.54) is 30.5 Å². The van der Waals surface area contributed by atoms with Crippen LogP contribution in [0.4, 0.5) is 0 Å². The number of rotatable bonds is 4. The summed E-state index contributed by atoms with van der Waals surface area (Å²) in [5.74, 6) is -0.664. The lowest BCUT2D eigenvalue weighted by atomic mass is 10.2. The molecular weight excluding hydrogens is 377 g/mol. The SMILES string of the molecule is O=c1[nH]c2ccc(S(=O)(=O)N/N=C/c3ccc(Cl)cc3Cl)cc2o1. The van der Waals surface area contributed by atoms with E-state index in [1.807, 2.05) is 0 Å². The van der Waals surface area contributed by atoms with Crippen LogP contribution in [0.2, 0.25) is 10.0 Å². The highest BCUT2D eigenvalue weighted by Gasteiger charge is 2.15. The van der Waals surface area contributed by atoms with Crippen LogP contribution in [0.15, 0.2) is 55.6 Å². The van der Waals surface area contributed by atoms with E-state index in [0.717, 1.165) is 0 Å². The second kappa shape index (κ2) is 6.31. The van der Waals surface area contributed by atoms with Crippen molar-refractivity contribution in [1.82, 2.24) is 9.82 Å². The summed E-state index contributed by atoms with van der Waals surface area (Å²) in [6.07, 6.45) is 1.26. The van der Waals surface area contributed by atoms with Crippen LogP contribution < -0.4 is 10.6 Å². The molecule has 10 heteroatoms. The van der Waals surface area contributed by atoms with Crippen LogP contribution in [0.1, 0.15) is 5.56 Å². The Morgan fingerprint density at radius 1 is 1.17 bits per heavy atom. The van der Waals surface area contributed by atoms with E-state index >= 15 is 0 Å². The van der Waals surface area contributed by atoms with E-state index in [-0.39, 0.29) is 10.5 Å². The lowest BCUT2D eigenvalue weighted by Crippen LogP contribution is -2.18. The monoisotopic (exact) mass is 385 g/mol. The van der Waals surface area contributed by atoms with E-state index in [1.54, 1.807) is 12.1 Å². The third-order valence-corrected chi connectivity index (χ3v) is 4.82. The van der Waals surface area contributed by atoms with Crippen molar-refractivity contribution in [2.75, 3.05) is 0 Å². The second-order valence-corrected chi connectivity index (χ2v) is 7.20. The van der Waals surface area contributed by atoms with Crippen molar-refractivity contribution in [3.8, 4) is 0 Å². The highest BCUT2D eigenvalue weighted by atomic mass is 35.5. The average Bonchev–Trinajstić information content (AvgIpc) is 2.88. The Balaban J connectivity index is 1.84. The van der Waals surface area contributed by atoms with Crippen LogP contribution in [-0.2, 0) is 10.0 Å². The number of nitrogens with zero attached hydrogens (tertiary/aromatic N) is 1. The minimum Gasteiger partial charge on any atom is -0.408 e. The molecule has 0 saturated carbocycles. The summed E-state index contributed by atoms with van der Waals surface area (Å²) < 4.78 is 29.2. The zero-order chi connectivity index (χ0) is 17.3. The summed E-state index contributed by atoms with van der Waals surface area (Å²) in [6, 6.07) is 8.69. The highest BCUT2D eigenvalue weighted by molar-refractivity contribution is 7.89. The largest absolute Gasteiger partial charge is 0.417 e. The molecule has 0 saturated heterocycles. The van der Waals surface area contributed by atoms with E-state index < -0.39 is 15.8 Å². The van der Waals surface area contributed by atoms with Gasteiger partial charge in [0.15, 0.2) is 5.58 Å². The molecule has 2 aromatic carbocycles. The number of sulfonamides is 1. The maximum atomic E-state index is 12.2. The van der Waals surface area contributed by atoms with Gasteiger partial charge in [-0.2, -0.15) is 13.5 Å². The predicted octanol–water partition coefficient (Wildman–Crippen LogP) is 2.74. The molecule has 1 aromatic heterocycles. The first kappa shape index (κ1) is 16.6. The van der Waals surface area contributed by atoms with Crippen LogP contribution in [-0.4, -0.2) is 19.6 Å². The quantitative estimate of drug-likeness (QED) is 0.531. The van der Waals surface area contributed by atoms with Crippen molar-refractivity contribution >= 4 is 50.5 Å². The van der Waals surface area contributed by atoms with Gasteiger partial charge in [-0.25, -0.2) is 9.63 Å². The molecule has 0 bridgehead atoms. The van der Waals surface area contributed by atoms with Gasteiger partial charge in [0.1, 0.15) is 0 Å². The molecule has 7 nitrogen and oxygen atoms in total. The number of aromatic nitrogens is 1. The van der Waals surface area contributed by atoms with Crippen molar-refractivity contribution < 1.29 is 12.8 Å². The van der Waals surface area contributed by atoms with Crippen LogP contribution >= 0.6 is 23.2 Å². The molecule has 0 aliphatic carbocycles. The first-order valence-corrected chi connectivity index (χ1v) is 8.72. The standard InChI is InChI=1S/C14H9Cl2N3O4S/c15-9-2-1-8(11(16)5-9)7-17-19-24(21,22)10-3-4-12-13(6-10)23-14(20)18-12/h1-7,19H,(H,18,20)/b17-7+. The molecule has 2 N–H and O–H groups in total. The zero-order valence-electron chi connectivity index (χ0n) is 11.8. The number of H-pyrrole nitrogens is 1. The van der Waals surface area contributed by atoms with Crippen molar-refractivity contribution in [1.29, 1.82) is 0 Å². The van der Waals surface area contributed by atoms with Gasteiger partial charge in [0.2, 0.25) is 0 Å². The Morgan fingerprint density at radius 3 is 2.71 bits per heavy atom. The Bertz CT molecular complexity index is 1100. The normalized spacial score (nSPS) is 12.1. The molecule has 0 aliphatic heterocycles. The van der Waals surface area contributed by atoms with Gasteiger partial charge >= 0.3 is 5.76 Å². The van der Waals surface area contributed by atoms with Gasteiger partial charge < -0.3 is 4.42 Å². The van der Waals surface area contributed by atoms with Crippen molar-refractivity contribution in [3.05, 3.63) is 62.6 Å². The fourth-order valence-electron chi connectivity index (χ4n) is 1.92. The topological polar surface area (TPSA) is 105 Å². The molecule has 3 rings (SSSR count). The highest BCUT2D eigenvalue weighted by Crippen LogP contribution is 2.20. The molecule has 0 spiro atoms. The maximum Gasteiger partial charge on any atom is 0.417 e. The number of nitrogens with one attached hydrogen (secondary N) is 2. The van der Waals surface area contributed by atoms with Crippen LogP contribution in [0.25, 0.3) is 11.1 Å². The number of aromatic amines is 1. The molecular formula is C14H9Cl2N3O4S. The van der Waals surface area contributed by atoms with Gasteiger partial charge in [0.05, 0.1) is 21.6 Å². The Kier molecular flexibility index (Phi) is 4.35. The molecule has 0 aliphatic rings. The average molecular weight is 386 g/mol. The number of oxazole rings is 1. The molecule has 24 heavy (non-hydrogen) atoms. The number of halogens is 2. The summed E-state index contributed by atoms with van der Waals surface area (Å²) in [6.45, 7) is 0. The minimum absolute atomic E-state index is 0.0999. The predicted molar refractivity (Wildman–Crippen MR) is 91.2 cm³/mol. The number of benzene rings is 2. The Labute approximate surface area is 145 Å². The summed E-state index contributed by atoms with van der Waals surface area (Å²) in [4.78, 5) is 15.5. The Hall–Kier alpha value is -2.29. The molecule has 124 valence electrons. The Morgan fingerprint density at radius 2 is 1.96 bits per heavy atom. The summed E-state index contributed by atoms with van der Waals surface area (Å²) in [7, 11) is -3.93. The lowest BCUT2D eigenvalue weighted by Gasteiger charge is -2.03. The third-order valence-electron chi connectivity index (χ3n) is 3.04. The fourth-order valence-corrected chi connectivity index (χ4v) is 3.18. The lowest BCUT2D eigenvalue weighted by molar-refractivity contribution is 0.553. The van der Waals surface area contributed by atoms with Crippen LogP contribution in [0.3, 0.4) is 0 Å². The summed E-state index contributed by atoms with van der Waals surface area (Å²) >= 11 is 11.7. The van der Waals surface area contributed by atoms with Gasteiger partial charge in [-0.1, -0.05) is 29.3 Å². The molecule has 0 unspecified atom stereocenters. The number of hydrogen-bond acceptors (Lipinski definition) is 5. The van der Waals surface area contributed by atoms with Crippen LogP contribution in [0, 0.1) is 0 Å². The smallest absolute Gasteiger partial charge is 0.408 e. The van der Waals surface area contributed by atoms with Crippen molar-refractivity contribution in [2.45, 2.75) is 4.90 Å². The van der Waals surface area contributed by atoms with Gasteiger partial charge in [-0.05, 0) is 24.3 Å². The number of hydrogen-bond donors (Lipinski definition) is 2. The van der Waals surface area contributed by atoms with Gasteiger partial charge in [0.25, 0.3) is 10.0 Å². The van der Waals surface area contributed by atoms with E-state index in [2.05, 4.69) is 14.9 Å². The molecule has 0 fully saturated rings. The van der Waals surface area contributed by atoms with Crippen molar-refractivity contribution in [2.24, 2.45) is 5.10 Å². The van der Waals surface area contributed by atoms with E-state index in [0.29, 0.717) is 21.1 Å². The molecule has 3 aromatic rings.